The van der Waals surface area contributed by atoms with Crippen LogP contribution >= 0.6 is 0 Å². The molecule has 1 aromatic rings. The average molecular weight is 320 g/mol. The highest BCUT2D eigenvalue weighted by molar-refractivity contribution is 5.93. The van der Waals surface area contributed by atoms with Gasteiger partial charge in [0, 0.05) is 19.3 Å². The highest BCUT2D eigenvalue weighted by Crippen LogP contribution is 2.27. The van der Waals surface area contributed by atoms with E-state index < -0.39 is 5.97 Å². The summed E-state index contributed by atoms with van der Waals surface area (Å²) in [5.41, 5.74) is 0.219. The molecule has 2 atom stereocenters. The lowest BCUT2D eigenvalue weighted by atomic mass is 9.85. The summed E-state index contributed by atoms with van der Waals surface area (Å²) in [6, 6.07) is 3.41. The van der Waals surface area contributed by atoms with E-state index >= 15 is 0 Å². The zero-order valence-corrected chi connectivity index (χ0v) is 13.9. The van der Waals surface area contributed by atoms with E-state index in [0.717, 1.165) is 19.3 Å². The topological polar surface area (TPSA) is 68.7 Å². The van der Waals surface area contributed by atoms with Crippen molar-refractivity contribution in [2.45, 2.75) is 38.6 Å². The molecular formula is C17H24N2O4. The van der Waals surface area contributed by atoms with Crippen LogP contribution in [0.25, 0.3) is 0 Å². The largest absolute Gasteiger partial charge is 0.480 e. The standard InChI is InChI=1S/C17H24N2O4/c1-12-7-4-5-9-14(12)19(2)15(20)11-23-17(21)13-8-6-10-18-16(13)22-3/h6,8,10,12,14H,4-5,7,9,11H2,1-3H3/t12-,14-/m1/s1. The molecule has 23 heavy (non-hydrogen) atoms. The van der Waals surface area contributed by atoms with E-state index in [0.29, 0.717) is 5.92 Å². The van der Waals surface area contributed by atoms with Crippen LogP contribution in [0.4, 0.5) is 0 Å². The van der Waals surface area contributed by atoms with E-state index in [4.69, 9.17) is 9.47 Å². The minimum absolute atomic E-state index is 0.181. The van der Waals surface area contributed by atoms with Gasteiger partial charge in [0.25, 0.3) is 5.91 Å². The number of aromatic nitrogens is 1. The Kier molecular flexibility index (Phi) is 5.96. The van der Waals surface area contributed by atoms with Gasteiger partial charge in [-0.2, -0.15) is 0 Å². The summed E-state index contributed by atoms with van der Waals surface area (Å²) in [4.78, 5) is 30.0. The Labute approximate surface area is 136 Å². The number of pyridine rings is 1. The lowest BCUT2D eigenvalue weighted by Gasteiger charge is -2.36. The van der Waals surface area contributed by atoms with Crippen molar-refractivity contribution in [3.63, 3.8) is 0 Å². The Hall–Kier alpha value is -2.11. The molecule has 0 radical (unpaired) electrons. The summed E-state index contributed by atoms with van der Waals surface area (Å²) >= 11 is 0. The number of carbonyl (C=O) groups is 2. The number of hydrogen-bond donors (Lipinski definition) is 0. The summed E-state index contributed by atoms with van der Waals surface area (Å²) in [6.45, 7) is 1.90. The molecule has 6 heteroatoms. The van der Waals surface area contributed by atoms with Crippen molar-refractivity contribution >= 4 is 11.9 Å². The van der Waals surface area contributed by atoms with Crippen LogP contribution in [0, 0.1) is 5.92 Å². The molecule has 1 aromatic heterocycles. The number of esters is 1. The summed E-state index contributed by atoms with van der Waals surface area (Å²) in [5, 5.41) is 0. The van der Waals surface area contributed by atoms with E-state index in [2.05, 4.69) is 11.9 Å². The van der Waals surface area contributed by atoms with Crippen LogP contribution in [-0.4, -0.2) is 48.6 Å². The molecule has 1 saturated carbocycles. The molecule has 0 N–H and O–H groups in total. The molecule has 0 bridgehead atoms. The van der Waals surface area contributed by atoms with Gasteiger partial charge in [0.15, 0.2) is 6.61 Å². The molecule has 1 heterocycles. The van der Waals surface area contributed by atoms with Gasteiger partial charge in [-0.25, -0.2) is 9.78 Å². The van der Waals surface area contributed by atoms with Crippen LogP contribution in [0.3, 0.4) is 0 Å². The molecule has 0 unspecified atom stereocenters. The van der Waals surface area contributed by atoms with Crippen molar-refractivity contribution < 1.29 is 19.1 Å². The van der Waals surface area contributed by atoms with E-state index in [1.165, 1.54) is 19.7 Å². The van der Waals surface area contributed by atoms with Gasteiger partial charge >= 0.3 is 5.97 Å². The third kappa shape index (κ3) is 4.21. The SMILES string of the molecule is COc1ncccc1C(=O)OCC(=O)N(C)[C@@H]1CCCC[C@H]1C. The molecule has 1 aliphatic rings. The normalized spacial score (nSPS) is 20.7. The first kappa shape index (κ1) is 17.2. The molecule has 2 rings (SSSR count). The highest BCUT2D eigenvalue weighted by Gasteiger charge is 2.28. The van der Waals surface area contributed by atoms with Crippen molar-refractivity contribution in [1.82, 2.24) is 9.88 Å². The highest BCUT2D eigenvalue weighted by atomic mass is 16.5. The van der Waals surface area contributed by atoms with Crippen LogP contribution in [0.5, 0.6) is 5.88 Å². The van der Waals surface area contributed by atoms with Gasteiger partial charge in [-0.15, -0.1) is 0 Å². The molecule has 126 valence electrons. The van der Waals surface area contributed by atoms with Gasteiger partial charge in [-0.3, -0.25) is 4.79 Å². The van der Waals surface area contributed by atoms with Crippen molar-refractivity contribution in [2.75, 3.05) is 20.8 Å². The molecule has 1 fully saturated rings. The van der Waals surface area contributed by atoms with Gasteiger partial charge < -0.3 is 14.4 Å². The molecule has 6 nitrogen and oxygen atoms in total. The third-order valence-electron chi connectivity index (χ3n) is 4.47. The Morgan fingerprint density at radius 2 is 2.09 bits per heavy atom. The number of methoxy groups -OCH3 is 1. The maximum atomic E-state index is 12.3. The molecule has 0 spiro atoms. The smallest absolute Gasteiger partial charge is 0.344 e. The first-order valence-corrected chi connectivity index (χ1v) is 7.96. The van der Waals surface area contributed by atoms with Crippen LogP contribution in [0.1, 0.15) is 43.0 Å². The maximum Gasteiger partial charge on any atom is 0.344 e. The number of hydrogen-bond acceptors (Lipinski definition) is 5. The summed E-state index contributed by atoms with van der Waals surface area (Å²) in [5.74, 6) is -0.112. The Morgan fingerprint density at radius 3 is 2.78 bits per heavy atom. The number of amides is 1. The van der Waals surface area contributed by atoms with Crippen molar-refractivity contribution in [1.29, 1.82) is 0 Å². The minimum atomic E-state index is -0.603. The predicted octanol–water partition coefficient (Wildman–Crippen LogP) is 2.28. The minimum Gasteiger partial charge on any atom is -0.480 e. The van der Waals surface area contributed by atoms with Gasteiger partial charge in [0.05, 0.1) is 7.11 Å². The lowest BCUT2D eigenvalue weighted by Crippen LogP contribution is -2.44. The van der Waals surface area contributed by atoms with Crippen LogP contribution in [-0.2, 0) is 9.53 Å². The van der Waals surface area contributed by atoms with Gasteiger partial charge in [-0.1, -0.05) is 19.8 Å². The fourth-order valence-electron chi connectivity index (χ4n) is 3.07. The summed E-state index contributed by atoms with van der Waals surface area (Å²) < 4.78 is 10.2. The Morgan fingerprint density at radius 1 is 1.35 bits per heavy atom. The van der Waals surface area contributed by atoms with Gasteiger partial charge in [0.1, 0.15) is 5.56 Å². The first-order valence-electron chi connectivity index (χ1n) is 7.96. The van der Waals surface area contributed by atoms with Crippen LogP contribution in [0.2, 0.25) is 0 Å². The zero-order valence-electron chi connectivity index (χ0n) is 13.9. The van der Waals surface area contributed by atoms with Crippen molar-refractivity contribution in [3.8, 4) is 5.88 Å². The molecule has 1 amide bonds. The fourth-order valence-corrected chi connectivity index (χ4v) is 3.07. The van der Waals surface area contributed by atoms with Gasteiger partial charge in [0.2, 0.25) is 5.88 Å². The third-order valence-corrected chi connectivity index (χ3v) is 4.47. The van der Waals surface area contributed by atoms with Crippen molar-refractivity contribution in [2.24, 2.45) is 5.92 Å². The lowest BCUT2D eigenvalue weighted by molar-refractivity contribution is -0.136. The van der Waals surface area contributed by atoms with Crippen molar-refractivity contribution in [3.05, 3.63) is 23.9 Å². The number of carbonyl (C=O) groups excluding carboxylic acids is 2. The second-order valence-electron chi connectivity index (χ2n) is 5.97. The van der Waals surface area contributed by atoms with E-state index in [-0.39, 0.29) is 30.0 Å². The maximum absolute atomic E-state index is 12.3. The van der Waals surface area contributed by atoms with E-state index in [9.17, 15) is 9.59 Å². The monoisotopic (exact) mass is 320 g/mol. The summed E-state index contributed by atoms with van der Waals surface area (Å²) in [7, 11) is 3.22. The molecular weight excluding hydrogens is 296 g/mol. The molecule has 1 aliphatic carbocycles. The number of rotatable bonds is 5. The first-order chi connectivity index (χ1) is 11.0. The molecule has 0 aliphatic heterocycles. The van der Waals surface area contributed by atoms with Gasteiger partial charge in [-0.05, 0) is 30.9 Å². The fraction of sp³-hybridized carbons (Fsp3) is 0.588. The Bertz CT molecular complexity index is 561. The Balaban J connectivity index is 1.91. The average Bonchev–Trinajstić information content (AvgIpc) is 2.59. The molecule has 0 aromatic carbocycles. The molecule has 0 saturated heterocycles. The number of nitrogens with zero attached hydrogens (tertiary/aromatic N) is 2. The zero-order chi connectivity index (χ0) is 16.8. The van der Waals surface area contributed by atoms with E-state index in [1.807, 2.05) is 0 Å². The quantitative estimate of drug-likeness (QED) is 0.779. The van der Waals surface area contributed by atoms with Crippen LogP contribution < -0.4 is 4.74 Å². The van der Waals surface area contributed by atoms with Crippen LogP contribution in [0.15, 0.2) is 18.3 Å². The predicted molar refractivity (Wildman–Crippen MR) is 85.3 cm³/mol. The van der Waals surface area contributed by atoms with E-state index in [1.54, 1.807) is 24.1 Å². The summed E-state index contributed by atoms with van der Waals surface area (Å²) in [6.07, 6.45) is 6.02. The second kappa shape index (κ2) is 7.94. The second-order valence-corrected chi connectivity index (χ2v) is 5.97. The number of ether oxygens (including phenoxy) is 2. The number of likely N-dealkylation sites (N-methyl/N-ethyl adjacent to an activating group) is 1.